The van der Waals surface area contributed by atoms with Crippen LogP contribution in [0.4, 0.5) is 5.69 Å². The average Bonchev–Trinajstić information content (AvgIpc) is 2.74. The molecule has 2 aromatic rings. The Morgan fingerprint density at radius 3 is 2.60 bits per heavy atom. The normalized spacial score (nSPS) is 13.3. The molecule has 0 radical (unpaired) electrons. The van der Waals surface area contributed by atoms with E-state index in [1.54, 1.807) is 26.0 Å². The number of aromatic nitrogens is 1. The Morgan fingerprint density at radius 2 is 2.05 bits per heavy atom. The molecule has 0 saturated heterocycles. The van der Waals surface area contributed by atoms with Gasteiger partial charge in [0, 0.05) is 16.8 Å². The summed E-state index contributed by atoms with van der Waals surface area (Å²) in [6.07, 6.45) is 0. The first kappa shape index (κ1) is 15.0. The summed E-state index contributed by atoms with van der Waals surface area (Å²) in [7, 11) is -3.58. The van der Waals surface area contributed by atoms with Crippen LogP contribution < -0.4 is 10.5 Å². The van der Waals surface area contributed by atoms with Gasteiger partial charge in [-0.25, -0.2) is 18.1 Å². The number of nitrogens with two attached hydrogens (primary N) is 1. The van der Waals surface area contributed by atoms with E-state index in [0.717, 1.165) is 10.7 Å². The molecule has 0 aliphatic heterocycles. The molecule has 0 amide bonds. The second kappa shape index (κ2) is 5.51. The highest BCUT2D eigenvalue weighted by molar-refractivity contribution is 7.89. The molecular formula is C13H17N3O2S2. The number of sulfonamides is 1. The van der Waals surface area contributed by atoms with E-state index in [2.05, 4.69) is 9.71 Å². The predicted octanol–water partition coefficient (Wildman–Crippen LogP) is 2.38. The fourth-order valence-electron chi connectivity index (χ4n) is 1.89. The van der Waals surface area contributed by atoms with E-state index in [0.29, 0.717) is 11.3 Å². The number of nitrogens with zero attached hydrogens (tertiary/aromatic N) is 1. The highest BCUT2D eigenvalue weighted by atomic mass is 32.2. The lowest BCUT2D eigenvalue weighted by Gasteiger charge is -2.13. The Balaban J connectivity index is 2.27. The molecule has 0 fully saturated rings. The highest BCUT2D eigenvalue weighted by Gasteiger charge is 2.21. The third-order valence-electron chi connectivity index (χ3n) is 2.83. The molecule has 2 rings (SSSR count). The number of nitrogens with one attached hydrogen (secondary N) is 1. The molecule has 7 heteroatoms. The molecule has 108 valence electrons. The van der Waals surface area contributed by atoms with Crippen molar-refractivity contribution in [3.63, 3.8) is 0 Å². The maximum atomic E-state index is 12.4. The number of aryl methyl sites for hydroxylation is 2. The summed E-state index contributed by atoms with van der Waals surface area (Å²) in [6, 6.07) is 4.38. The second-order valence-corrected chi connectivity index (χ2v) is 7.27. The highest BCUT2D eigenvalue weighted by Crippen LogP contribution is 2.22. The van der Waals surface area contributed by atoms with Gasteiger partial charge >= 0.3 is 0 Å². The van der Waals surface area contributed by atoms with Crippen molar-refractivity contribution in [1.82, 2.24) is 9.71 Å². The number of nitrogen functional groups attached to an aromatic ring is 1. The Bertz CT molecular complexity index is 723. The lowest BCUT2D eigenvalue weighted by atomic mass is 10.2. The van der Waals surface area contributed by atoms with Crippen molar-refractivity contribution >= 4 is 27.0 Å². The molecule has 1 aromatic heterocycles. The van der Waals surface area contributed by atoms with E-state index < -0.39 is 10.0 Å². The van der Waals surface area contributed by atoms with Crippen LogP contribution in [0.2, 0.25) is 0 Å². The van der Waals surface area contributed by atoms with Crippen molar-refractivity contribution in [3.05, 3.63) is 39.8 Å². The fourth-order valence-corrected chi connectivity index (χ4v) is 4.20. The van der Waals surface area contributed by atoms with E-state index in [1.807, 2.05) is 12.3 Å². The van der Waals surface area contributed by atoms with Crippen LogP contribution in [0.15, 0.2) is 28.5 Å². The second-order valence-electron chi connectivity index (χ2n) is 4.70. The van der Waals surface area contributed by atoms with Gasteiger partial charge in [0.25, 0.3) is 0 Å². The molecule has 20 heavy (non-hydrogen) atoms. The summed E-state index contributed by atoms with van der Waals surface area (Å²) in [5.74, 6) is 0. The van der Waals surface area contributed by atoms with Gasteiger partial charge in [0.15, 0.2) is 0 Å². The van der Waals surface area contributed by atoms with E-state index in [9.17, 15) is 8.42 Å². The molecular weight excluding hydrogens is 294 g/mol. The van der Waals surface area contributed by atoms with Crippen LogP contribution in [-0.4, -0.2) is 13.4 Å². The third kappa shape index (κ3) is 3.17. The van der Waals surface area contributed by atoms with Crippen molar-refractivity contribution in [2.24, 2.45) is 0 Å². The minimum Gasteiger partial charge on any atom is -0.399 e. The molecule has 1 aromatic carbocycles. The van der Waals surface area contributed by atoms with Gasteiger partial charge in [0.2, 0.25) is 10.0 Å². The zero-order valence-electron chi connectivity index (χ0n) is 11.5. The number of anilines is 1. The van der Waals surface area contributed by atoms with Crippen LogP contribution in [0.3, 0.4) is 0 Å². The summed E-state index contributed by atoms with van der Waals surface area (Å²) >= 11 is 1.44. The zero-order valence-corrected chi connectivity index (χ0v) is 13.2. The molecule has 0 bridgehead atoms. The van der Waals surface area contributed by atoms with Gasteiger partial charge in [-0.3, -0.25) is 0 Å². The number of hydrogen-bond donors (Lipinski definition) is 2. The predicted molar refractivity (Wildman–Crippen MR) is 81.2 cm³/mol. The smallest absolute Gasteiger partial charge is 0.241 e. The Kier molecular flexibility index (Phi) is 4.12. The minimum atomic E-state index is -3.58. The fraction of sp³-hybridized carbons (Fsp3) is 0.308. The van der Waals surface area contributed by atoms with Crippen molar-refractivity contribution in [3.8, 4) is 0 Å². The molecule has 1 unspecified atom stereocenters. The third-order valence-corrected chi connectivity index (χ3v) is 5.67. The summed E-state index contributed by atoms with van der Waals surface area (Å²) in [6.45, 7) is 5.39. The maximum absolute atomic E-state index is 12.4. The quantitative estimate of drug-likeness (QED) is 0.849. The topological polar surface area (TPSA) is 85.1 Å². The first-order chi connectivity index (χ1) is 9.29. The van der Waals surface area contributed by atoms with Crippen LogP contribution in [0.5, 0.6) is 0 Å². The van der Waals surface area contributed by atoms with Gasteiger partial charge in [0.05, 0.1) is 10.9 Å². The van der Waals surface area contributed by atoms with Gasteiger partial charge in [-0.15, -0.1) is 11.3 Å². The molecule has 0 spiro atoms. The number of benzene rings is 1. The first-order valence-corrected chi connectivity index (χ1v) is 8.46. The van der Waals surface area contributed by atoms with Gasteiger partial charge in [0.1, 0.15) is 5.01 Å². The first-order valence-electron chi connectivity index (χ1n) is 6.10. The molecule has 0 aliphatic carbocycles. The van der Waals surface area contributed by atoms with Crippen molar-refractivity contribution in [1.29, 1.82) is 0 Å². The van der Waals surface area contributed by atoms with Crippen molar-refractivity contribution in [2.45, 2.75) is 31.7 Å². The number of rotatable bonds is 4. The Morgan fingerprint density at radius 1 is 1.35 bits per heavy atom. The van der Waals surface area contributed by atoms with Gasteiger partial charge in [-0.1, -0.05) is 0 Å². The lowest BCUT2D eigenvalue weighted by molar-refractivity contribution is 0.565. The van der Waals surface area contributed by atoms with Gasteiger partial charge in [-0.05, 0) is 44.5 Å². The largest absolute Gasteiger partial charge is 0.399 e. The SMILES string of the molecule is Cc1csc(C(C)NS(=O)(=O)c2ccc(N)cc2C)n1. The molecule has 5 nitrogen and oxygen atoms in total. The van der Waals surface area contributed by atoms with E-state index in [4.69, 9.17) is 5.73 Å². The molecule has 0 aliphatic rings. The summed E-state index contributed by atoms with van der Waals surface area (Å²) in [4.78, 5) is 4.54. The summed E-state index contributed by atoms with van der Waals surface area (Å²) in [5.41, 5.74) is 7.70. The van der Waals surface area contributed by atoms with Crippen molar-refractivity contribution in [2.75, 3.05) is 5.73 Å². The minimum absolute atomic E-state index is 0.242. The molecule has 0 saturated carbocycles. The standard InChI is InChI=1S/C13H17N3O2S2/c1-8-6-11(14)4-5-12(8)20(17,18)16-10(3)13-15-9(2)7-19-13/h4-7,10,16H,14H2,1-3H3. The maximum Gasteiger partial charge on any atom is 0.241 e. The number of thiazole rings is 1. The molecule has 1 atom stereocenters. The summed E-state index contributed by atoms with van der Waals surface area (Å²) < 4.78 is 27.4. The van der Waals surface area contributed by atoms with Crippen LogP contribution in [0.1, 0.15) is 29.2 Å². The monoisotopic (exact) mass is 311 g/mol. The number of hydrogen-bond acceptors (Lipinski definition) is 5. The Hall–Kier alpha value is -1.44. The average molecular weight is 311 g/mol. The zero-order chi connectivity index (χ0) is 14.9. The molecule has 3 N–H and O–H groups in total. The van der Waals surface area contributed by atoms with E-state index in [1.165, 1.54) is 17.4 Å². The van der Waals surface area contributed by atoms with Crippen LogP contribution in [-0.2, 0) is 10.0 Å². The van der Waals surface area contributed by atoms with Crippen molar-refractivity contribution < 1.29 is 8.42 Å². The van der Waals surface area contributed by atoms with E-state index in [-0.39, 0.29) is 10.9 Å². The Labute approximate surface area is 122 Å². The summed E-state index contributed by atoms with van der Waals surface area (Å²) in [5, 5.41) is 2.65. The van der Waals surface area contributed by atoms with Gasteiger partial charge in [-0.2, -0.15) is 0 Å². The lowest BCUT2D eigenvalue weighted by Crippen LogP contribution is -2.27. The van der Waals surface area contributed by atoms with Crippen LogP contribution in [0.25, 0.3) is 0 Å². The van der Waals surface area contributed by atoms with E-state index >= 15 is 0 Å². The molecule has 1 heterocycles. The van der Waals surface area contributed by atoms with Gasteiger partial charge < -0.3 is 5.73 Å². The van der Waals surface area contributed by atoms with Crippen LogP contribution in [0, 0.1) is 13.8 Å². The van der Waals surface area contributed by atoms with Crippen LogP contribution >= 0.6 is 11.3 Å².